The molecule has 2 aromatic carbocycles. The molecule has 94 valence electrons. The second-order valence-corrected chi connectivity index (χ2v) is 5.18. The molecule has 0 fully saturated rings. The van der Waals surface area contributed by atoms with Crippen LogP contribution in [0.1, 0.15) is 5.56 Å². The minimum absolute atomic E-state index is 0.331. The third-order valence-electron chi connectivity index (χ3n) is 2.52. The lowest BCUT2D eigenvalue weighted by molar-refractivity contribution is 0.628. The molecule has 1 nitrogen and oxygen atoms in total. The molecule has 0 saturated carbocycles. The largest absolute Gasteiger partial charge is 0.381 e. The molecule has 0 atom stereocenters. The molecule has 0 aliphatic rings. The fourth-order valence-electron chi connectivity index (χ4n) is 1.60. The van der Waals surface area contributed by atoms with Crippen LogP contribution >= 0.6 is 23.4 Å². The molecule has 0 unspecified atom stereocenters. The molecule has 0 aliphatic carbocycles. The average molecular weight is 282 g/mol. The Kier molecular flexibility index (Phi) is 4.50. The highest BCUT2D eigenvalue weighted by molar-refractivity contribution is 7.98. The predicted octanol–water partition coefficient (Wildman–Crippen LogP) is 4.81. The quantitative estimate of drug-likeness (QED) is 0.807. The molecule has 2 aromatic rings. The fraction of sp³-hybridized carbons (Fsp3) is 0.143. The van der Waals surface area contributed by atoms with Gasteiger partial charge in [-0.2, -0.15) is 0 Å². The van der Waals surface area contributed by atoms with Gasteiger partial charge in [-0.25, -0.2) is 4.39 Å². The van der Waals surface area contributed by atoms with Crippen molar-refractivity contribution in [3.63, 3.8) is 0 Å². The van der Waals surface area contributed by atoms with Gasteiger partial charge in [-0.05, 0) is 42.2 Å². The van der Waals surface area contributed by atoms with E-state index in [-0.39, 0.29) is 5.82 Å². The first kappa shape index (κ1) is 13.2. The third-order valence-corrected chi connectivity index (χ3v) is 3.48. The Bertz CT molecular complexity index is 508. The number of thioether (sulfide) groups is 1. The first-order valence-electron chi connectivity index (χ1n) is 5.50. The molecule has 0 saturated heterocycles. The van der Waals surface area contributed by atoms with E-state index in [0.29, 0.717) is 17.3 Å². The lowest BCUT2D eigenvalue weighted by Gasteiger charge is -2.07. The first-order valence-corrected chi connectivity index (χ1v) is 7.10. The Morgan fingerprint density at radius 1 is 1.17 bits per heavy atom. The van der Waals surface area contributed by atoms with Gasteiger partial charge < -0.3 is 5.32 Å². The van der Waals surface area contributed by atoms with E-state index in [1.807, 2.05) is 6.26 Å². The number of benzene rings is 2. The van der Waals surface area contributed by atoms with Gasteiger partial charge in [-0.3, -0.25) is 0 Å². The van der Waals surface area contributed by atoms with Crippen LogP contribution in [-0.4, -0.2) is 6.26 Å². The summed E-state index contributed by atoms with van der Waals surface area (Å²) in [5, 5.41) is 3.55. The van der Waals surface area contributed by atoms with E-state index in [1.165, 1.54) is 17.0 Å². The highest BCUT2D eigenvalue weighted by atomic mass is 35.5. The maximum atomic E-state index is 13.1. The monoisotopic (exact) mass is 281 g/mol. The molecule has 0 heterocycles. The molecule has 0 radical (unpaired) electrons. The molecule has 0 bridgehead atoms. The van der Waals surface area contributed by atoms with Crippen LogP contribution in [0, 0.1) is 5.82 Å². The van der Waals surface area contributed by atoms with Gasteiger partial charge in [-0.15, -0.1) is 11.8 Å². The van der Waals surface area contributed by atoms with Crippen LogP contribution < -0.4 is 5.32 Å². The second kappa shape index (κ2) is 6.12. The Labute approximate surface area is 115 Å². The van der Waals surface area contributed by atoms with Crippen LogP contribution in [0.25, 0.3) is 0 Å². The van der Waals surface area contributed by atoms with Crippen LogP contribution in [0.5, 0.6) is 0 Å². The van der Waals surface area contributed by atoms with Crippen LogP contribution in [0.3, 0.4) is 0 Å². The second-order valence-electron chi connectivity index (χ2n) is 3.86. The minimum atomic E-state index is -0.331. The van der Waals surface area contributed by atoms with Crippen LogP contribution in [0.2, 0.25) is 5.02 Å². The Balaban J connectivity index is 2.01. The zero-order valence-corrected chi connectivity index (χ0v) is 11.5. The lowest BCUT2D eigenvalue weighted by atomic mass is 10.2. The Morgan fingerprint density at radius 3 is 2.50 bits per heavy atom. The predicted molar refractivity (Wildman–Crippen MR) is 77.0 cm³/mol. The van der Waals surface area contributed by atoms with Gasteiger partial charge in [0.05, 0.1) is 0 Å². The summed E-state index contributed by atoms with van der Waals surface area (Å²) in [6, 6.07) is 12.7. The zero-order chi connectivity index (χ0) is 13.0. The van der Waals surface area contributed by atoms with Gasteiger partial charge in [0.25, 0.3) is 0 Å². The number of halogens is 2. The molecule has 4 heteroatoms. The molecule has 0 aliphatic heterocycles. The number of anilines is 1. The van der Waals surface area contributed by atoms with Crippen molar-refractivity contribution in [3.8, 4) is 0 Å². The zero-order valence-electron chi connectivity index (χ0n) is 9.91. The molecule has 0 aromatic heterocycles. The molecule has 0 amide bonds. The summed E-state index contributed by atoms with van der Waals surface area (Å²) < 4.78 is 13.1. The van der Waals surface area contributed by atoms with Crippen molar-refractivity contribution in [1.82, 2.24) is 0 Å². The van der Waals surface area contributed by atoms with Crippen molar-refractivity contribution in [2.75, 3.05) is 11.6 Å². The summed E-state index contributed by atoms with van der Waals surface area (Å²) in [4.78, 5) is 1.23. The summed E-state index contributed by atoms with van der Waals surface area (Å²) in [5.74, 6) is -0.331. The fourth-order valence-corrected chi connectivity index (χ4v) is 2.23. The highest BCUT2D eigenvalue weighted by Gasteiger charge is 1.99. The van der Waals surface area contributed by atoms with Crippen molar-refractivity contribution in [3.05, 3.63) is 58.9 Å². The molecule has 2 rings (SSSR count). The SMILES string of the molecule is CSc1ccc(CNc2cc(F)cc(Cl)c2)cc1. The maximum absolute atomic E-state index is 13.1. The van der Waals surface area contributed by atoms with Gasteiger partial charge in [0, 0.05) is 22.2 Å². The van der Waals surface area contributed by atoms with E-state index >= 15 is 0 Å². The summed E-state index contributed by atoms with van der Waals surface area (Å²) in [5.41, 5.74) is 1.84. The molecule has 0 spiro atoms. The van der Waals surface area contributed by atoms with Crippen molar-refractivity contribution in [2.24, 2.45) is 0 Å². The topological polar surface area (TPSA) is 12.0 Å². The van der Waals surface area contributed by atoms with E-state index in [2.05, 4.69) is 29.6 Å². The maximum Gasteiger partial charge on any atom is 0.126 e. The highest BCUT2D eigenvalue weighted by Crippen LogP contribution is 2.19. The van der Waals surface area contributed by atoms with Crippen LogP contribution in [-0.2, 0) is 6.54 Å². The summed E-state index contributed by atoms with van der Waals surface area (Å²) in [6.45, 7) is 0.647. The smallest absolute Gasteiger partial charge is 0.126 e. The summed E-state index contributed by atoms with van der Waals surface area (Å²) in [6.07, 6.45) is 2.04. The van der Waals surface area contributed by atoms with Gasteiger partial charge in [0.1, 0.15) is 5.82 Å². The summed E-state index contributed by atoms with van der Waals surface area (Å²) >= 11 is 7.50. The standard InChI is InChI=1S/C14H13ClFNS/c1-18-14-4-2-10(3-5-14)9-17-13-7-11(15)6-12(16)8-13/h2-8,17H,9H2,1H3. The Hall–Kier alpha value is -1.19. The van der Waals surface area contributed by atoms with E-state index in [4.69, 9.17) is 11.6 Å². The Morgan fingerprint density at radius 2 is 1.89 bits per heavy atom. The summed E-state index contributed by atoms with van der Waals surface area (Å²) in [7, 11) is 0. The lowest BCUT2D eigenvalue weighted by Crippen LogP contribution is -1.99. The third kappa shape index (κ3) is 3.65. The molecule has 1 N–H and O–H groups in total. The van der Waals surface area contributed by atoms with E-state index < -0.39 is 0 Å². The van der Waals surface area contributed by atoms with Crippen molar-refractivity contribution in [1.29, 1.82) is 0 Å². The van der Waals surface area contributed by atoms with E-state index in [9.17, 15) is 4.39 Å². The number of nitrogens with one attached hydrogen (secondary N) is 1. The normalized spacial score (nSPS) is 10.4. The van der Waals surface area contributed by atoms with Gasteiger partial charge in [0.15, 0.2) is 0 Å². The van der Waals surface area contributed by atoms with E-state index in [1.54, 1.807) is 17.8 Å². The van der Waals surface area contributed by atoms with Crippen molar-refractivity contribution < 1.29 is 4.39 Å². The van der Waals surface area contributed by atoms with Crippen molar-refractivity contribution in [2.45, 2.75) is 11.4 Å². The van der Waals surface area contributed by atoms with Crippen LogP contribution in [0.15, 0.2) is 47.4 Å². The van der Waals surface area contributed by atoms with Gasteiger partial charge in [0.2, 0.25) is 0 Å². The van der Waals surface area contributed by atoms with Gasteiger partial charge in [-0.1, -0.05) is 23.7 Å². The minimum Gasteiger partial charge on any atom is -0.381 e. The van der Waals surface area contributed by atoms with Crippen molar-refractivity contribution >= 4 is 29.1 Å². The number of rotatable bonds is 4. The van der Waals surface area contributed by atoms with E-state index in [0.717, 1.165) is 5.56 Å². The molecular formula is C14H13ClFNS. The number of hydrogen-bond acceptors (Lipinski definition) is 2. The number of hydrogen-bond donors (Lipinski definition) is 1. The molecular weight excluding hydrogens is 269 g/mol. The average Bonchev–Trinajstić information content (AvgIpc) is 2.36. The van der Waals surface area contributed by atoms with Crippen LogP contribution in [0.4, 0.5) is 10.1 Å². The van der Waals surface area contributed by atoms with Gasteiger partial charge >= 0.3 is 0 Å². The first-order chi connectivity index (χ1) is 8.67. The molecule has 18 heavy (non-hydrogen) atoms.